The first-order chi connectivity index (χ1) is 6.31. The summed E-state index contributed by atoms with van der Waals surface area (Å²) in [5.74, 6) is -5.18. The summed E-state index contributed by atoms with van der Waals surface area (Å²) in [6.07, 6.45) is -6.26. The Balaban J connectivity index is 3.06. The average molecular weight is 214 g/mol. The molecule has 78 valence electrons. The molecule has 0 nitrogen and oxygen atoms in total. The molecule has 0 bridgehead atoms. The van der Waals surface area contributed by atoms with Crippen molar-refractivity contribution in [2.75, 3.05) is 0 Å². The van der Waals surface area contributed by atoms with E-state index in [1.54, 1.807) is 0 Å². The Kier molecular flexibility index (Phi) is 2.73. The van der Waals surface area contributed by atoms with Gasteiger partial charge in [0.1, 0.15) is 0 Å². The number of alkyl halides is 3. The molecular formula is C8H4F6. The highest BCUT2D eigenvalue weighted by Gasteiger charge is 2.30. The highest BCUT2D eigenvalue weighted by molar-refractivity contribution is 5.21. The maximum absolute atomic E-state index is 12.7. The van der Waals surface area contributed by atoms with Gasteiger partial charge in [0.15, 0.2) is 17.5 Å². The van der Waals surface area contributed by atoms with Crippen molar-refractivity contribution < 1.29 is 26.3 Å². The van der Waals surface area contributed by atoms with Crippen molar-refractivity contribution in [2.45, 2.75) is 12.6 Å². The van der Waals surface area contributed by atoms with E-state index in [9.17, 15) is 26.3 Å². The second-order valence-corrected chi connectivity index (χ2v) is 2.63. The standard InChI is InChI=1S/C8H4F6/c9-5-2-1-4(3-8(12,13)14)6(10)7(5)11/h1-2H,3H2. The number of hydrogen-bond donors (Lipinski definition) is 0. The molecule has 14 heavy (non-hydrogen) atoms. The molecule has 6 heteroatoms. The minimum absolute atomic E-state index is 0.458. The first kappa shape index (κ1) is 10.9. The van der Waals surface area contributed by atoms with Gasteiger partial charge in [-0.1, -0.05) is 6.07 Å². The molecule has 0 saturated heterocycles. The zero-order valence-corrected chi connectivity index (χ0v) is 6.63. The Labute approximate surface area is 75.2 Å². The first-order valence-corrected chi connectivity index (χ1v) is 3.50. The predicted molar refractivity (Wildman–Crippen MR) is 36.1 cm³/mol. The van der Waals surface area contributed by atoms with Gasteiger partial charge in [-0.15, -0.1) is 0 Å². The SMILES string of the molecule is Fc1ccc(CC(F)(F)F)c(F)c1F. The van der Waals surface area contributed by atoms with Crippen molar-refractivity contribution in [1.29, 1.82) is 0 Å². The highest BCUT2D eigenvalue weighted by Crippen LogP contribution is 2.24. The van der Waals surface area contributed by atoms with E-state index in [0.717, 1.165) is 0 Å². The zero-order chi connectivity index (χ0) is 10.9. The van der Waals surface area contributed by atoms with Crippen molar-refractivity contribution in [2.24, 2.45) is 0 Å². The van der Waals surface area contributed by atoms with Gasteiger partial charge in [0.25, 0.3) is 0 Å². The van der Waals surface area contributed by atoms with Crippen LogP contribution < -0.4 is 0 Å². The summed E-state index contributed by atoms with van der Waals surface area (Å²) in [6, 6.07) is 1.03. The molecule has 0 unspecified atom stereocenters. The quantitative estimate of drug-likeness (QED) is 0.497. The number of rotatable bonds is 1. The molecule has 0 radical (unpaired) electrons. The lowest BCUT2D eigenvalue weighted by atomic mass is 10.1. The molecule has 1 aromatic rings. The summed E-state index contributed by atoms with van der Waals surface area (Å²) >= 11 is 0. The Morgan fingerprint density at radius 1 is 0.929 bits per heavy atom. The van der Waals surface area contributed by atoms with Crippen LogP contribution in [0.2, 0.25) is 0 Å². The molecule has 0 fully saturated rings. The maximum atomic E-state index is 12.7. The van der Waals surface area contributed by atoms with Crippen LogP contribution in [0.1, 0.15) is 5.56 Å². The van der Waals surface area contributed by atoms with E-state index in [-0.39, 0.29) is 0 Å². The van der Waals surface area contributed by atoms with E-state index < -0.39 is 35.6 Å². The summed E-state index contributed by atoms with van der Waals surface area (Å²) in [4.78, 5) is 0. The predicted octanol–water partition coefficient (Wildman–Crippen LogP) is 3.21. The van der Waals surface area contributed by atoms with Crippen LogP contribution in [0.4, 0.5) is 26.3 Å². The summed E-state index contributed by atoms with van der Waals surface area (Å²) in [5, 5.41) is 0. The van der Waals surface area contributed by atoms with Crippen molar-refractivity contribution in [3.63, 3.8) is 0 Å². The Morgan fingerprint density at radius 3 is 2.00 bits per heavy atom. The van der Waals surface area contributed by atoms with E-state index in [4.69, 9.17) is 0 Å². The second-order valence-electron chi connectivity index (χ2n) is 2.63. The molecule has 1 aromatic carbocycles. The Morgan fingerprint density at radius 2 is 1.50 bits per heavy atom. The third kappa shape index (κ3) is 2.40. The molecule has 0 aliphatic rings. The van der Waals surface area contributed by atoms with Crippen molar-refractivity contribution in [3.8, 4) is 0 Å². The van der Waals surface area contributed by atoms with Gasteiger partial charge in [0.2, 0.25) is 0 Å². The molecule has 0 spiro atoms. The average Bonchev–Trinajstić information content (AvgIpc) is 2.04. The molecule has 0 aromatic heterocycles. The second kappa shape index (κ2) is 3.51. The summed E-state index contributed by atoms with van der Waals surface area (Å²) < 4.78 is 72.7. The molecule has 1 rings (SSSR count). The number of halogens is 6. The van der Waals surface area contributed by atoms with Crippen LogP contribution >= 0.6 is 0 Å². The Bertz CT molecular complexity index is 340. The van der Waals surface area contributed by atoms with Crippen LogP contribution in [0.15, 0.2) is 12.1 Å². The summed E-state index contributed by atoms with van der Waals surface area (Å²) in [5.41, 5.74) is -0.906. The van der Waals surface area contributed by atoms with E-state index in [1.807, 2.05) is 0 Å². The van der Waals surface area contributed by atoms with Crippen LogP contribution in [0, 0.1) is 17.5 Å². The Hall–Kier alpha value is -1.20. The smallest absolute Gasteiger partial charge is 0.204 e. The molecule has 0 atom stereocenters. The maximum Gasteiger partial charge on any atom is 0.393 e. The van der Waals surface area contributed by atoms with Crippen LogP contribution in [0.5, 0.6) is 0 Å². The third-order valence-corrected chi connectivity index (χ3v) is 1.51. The van der Waals surface area contributed by atoms with Crippen LogP contribution in [0.25, 0.3) is 0 Å². The van der Waals surface area contributed by atoms with Gasteiger partial charge in [0.05, 0.1) is 6.42 Å². The van der Waals surface area contributed by atoms with Gasteiger partial charge < -0.3 is 0 Å². The van der Waals surface area contributed by atoms with Crippen LogP contribution in [0.3, 0.4) is 0 Å². The van der Waals surface area contributed by atoms with Crippen molar-refractivity contribution >= 4 is 0 Å². The molecule has 0 heterocycles. The normalized spacial score (nSPS) is 11.9. The van der Waals surface area contributed by atoms with Gasteiger partial charge in [-0.3, -0.25) is 0 Å². The summed E-state index contributed by atoms with van der Waals surface area (Å²) in [6.45, 7) is 0. The van der Waals surface area contributed by atoms with E-state index in [0.29, 0.717) is 12.1 Å². The molecule has 0 aliphatic heterocycles. The lowest BCUT2D eigenvalue weighted by molar-refractivity contribution is -0.127. The van der Waals surface area contributed by atoms with Crippen LogP contribution in [-0.2, 0) is 6.42 Å². The zero-order valence-electron chi connectivity index (χ0n) is 6.63. The minimum Gasteiger partial charge on any atom is -0.204 e. The highest BCUT2D eigenvalue weighted by atomic mass is 19.4. The fourth-order valence-electron chi connectivity index (χ4n) is 0.918. The lowest BCUT2D eigenvalue weighted by Gasteiger charge is -2.07. The van der Waals surface area contributed by atoms with Crippen molar-refractivity contribution in [3.05, 3.63) is 35.1 Å². The van der Waals surface area contributed by atoms with E-state index in [1.165, 1.54) is 0 Å². The van der Waals surface area contributed by atoms with Gasteiger partial charge in [0, 0.05) is 5.56 Å². The lowest BCUT2D eigenvalue weighted by Crippen LogP contribution is -2.13. The molecule has 0 N–H and O–H groups in total. The van der Waals surface area contributed by atoms with E-state index >= 15 is 0 Å². The van der Waals surface area contributed by atoms with E-state index in [2.05, 4.69) is 0 Å². The first-order valence-electron chi connectivity index (χ1n) is 3.50. The number of benzene rings is 1. The largest absolute Gasteiger partial charge is 0.393 e. The van der Waals surface area contributed by atoms with Gasteiger partial charge in [-0.25, -0.2) is 13.2 Å². The minimum atomic E-state index is -4.65. The molecule has 0 saturated carbocycles. The fraction of sp³-hybridized carbons (Fsp3) is 0.250. The molecule has 0 amide bonds. The molecular weight excluding hydrogens is 210 g/mol. The van der Waals surface area contributed by atoms with Crippen molar-refractivity contribution in [1.82, 2.24) is 0 Å². The van der Waals surface area contributed by atoms with Gasteiger partial charge in [-0.05, 0) is 6.07 Å². The fourth-order valence-corrected chi connectivity index (χ4v) is 0.918. The van der Waals surface area contributed by atoms with Crippen LogP contribution in [-0.4, -0.2) is 6.18 Å². The number of hydrogen-bond acceptors (Lipinski definition) is 0. The summed E-state index contributed by atoms with van der Waals surface area (Å²) in [7, 11) is 0. The monoisotopic (exact) mass is 214 g/mol. The van der Waals surface area contributed by atoms with Gasteiger partial charge >= 0.3 is 6.18 Å². The third-order valence-electron chi connectivity index (χ3n) is 1.51. The van der Waals surface area contributed by atoms with Gasteiger partial charge in [-0.2, -0.15) is 13.2 Å². The molecule has 0 aliphatic carbocycles. The topological polar surface area (TPSA) is 0 Å².